The van der Waals surface area contributed by atoms with E-state index in [1.165, 1.54) is 66.0 Å². The molecule has 0 aliphatic carbocycles. The van der Waals surface area contributed by atoms with Gasteiger partial charge >= 0.3 is 0 Å². The van der Waals surface area contributed by atoms with E-state index < -0.39 is 0 Å². The Bertz CT molecular complexity index is 2870. The highest BCUT2D eigenvalue weighted by Gasteiger charge is 2.22. The maximum absolute atomic E-state index is 2.42. The molecule has 2 heteroatoms. The lowest BCUT2D eigenvalue weighted by Crippen LogP contribution is -2.10. The molecule has 0 aliphatic heterocycles. The van der Waals surface area contributed by atoms with E-state index in [9.17, 15) is 0 Å². The van der Waals surface area contributed by atoms with E-state index in [2.05, 4.69) is 228 Å². The Morgan fingerprint density at radius 2 is 0.741 bits per heavy atom. The molecule has 0 unspecified atom stereocenters. The largest absolute Gasteiger partial charge is 0.310 e. The number of fused-ring (bicyclic) bond motifs is 4. The van der Waals surface area contributed by atoms with Crippen LogP contribution < -0.4 is 4.90 Å². The normalized spacial score (nSPS) is 11.3. The third kappa shape index (κ3) is 5.62. The molecule has 0 saturated carbocycles. The van der Waals surface area contributed by atoms with Gasteiger partial charge in [0, 0.05) is 27.8 Å². The first-order valence-corrected chi connectivity index (χ1v) is 18.5. The van der Waals surface area contributed by atoms with Gasteiger partial charge in [-0.3, -0.25) is 0 Å². The van der Waals surface area contributed by atoms with Crippen LogP contribution in [0.2, 0.25) is 0 Å². The summed E-state index contributed by atoms with van der Waals surface area (Å²) in [6.07, 6.45) is 0. The topological polar surface area (TPSA) is 8.17 Å². The number of anilines is 3. The summed E-state index contributed by atoms with van der Waals surface area (Å²) in [7, 11) is 0. The molecular formula is C52H36N2. The zero-order valence-corrected chi connectivity index (χ0v) is 29.7. The van der Waals surface area contributed by atoms with E-state index in [1.807, 2.05) is 0 Å². The maximum atomic E-state index is 2.42. The quantitative estimate of drug-likeness (QED) is 0.162. The molecule has 0 saturated heterocycles. The van der Waals surface area contributed by atoms with Gasteiger partial charge in [0.05, 0.1) is 16.7 Å². The Balaban J connectivity index is 1.16. The summed E-state index contributed by atoms with van der Waals surface area (Å²) in [5.74, 6) is 0. The second-order valence-electron chi connectivity index (χ2n) is 13.8. The molecule has 0 atom stereocenters. The smallest absolute Gasteiger partial charge is 0.0562 e. The minimum Gasteiger partial charge on any atom is -0.310 e. The Labute approximate surface area is 315 Å². The maximum Gasteiger partial charge on any atom is 0.0562 e. The molecule has 54 heavy (non-hydrogen) atoms. The van der Waals surface area contributed by atoms with Crippen molar-refractivity contribution in [2.75, 3.05) is 4.90 Å². The minimum atomic E-state index is 1.10. The number of para-hydroxylation sites is 1. The summed E-state index contributed by atoms with van der Waals surface area (Å²) in [5.41, 5.74) is 14.1. The van der Waals surface area contributed by atoms with Gasteiger partial charge < -0.3 is 9.47 Å². The number of nitrogens with zero attached hydrogens (tertiary/aromatic N) is 2. The summed E-state index contributed by atoms with van der Waals surface area (Å²) in [6, 6.07) is 78.9. The van der Waals surface area contributed by atoms with Gasteiger partial charge in [0.15, 0.2) is 0 Å². The van der Waals surface area contributed by atoms with Crippen molar-refractivity contribution in [3.63, 3.8) is 0 Å². The van der Waals surface area contributed by atoms with Gasteiger partial charge in [-0.25, -0.2) is 0 Å². The average molecular weight is 689 g/mol. The standard InChI is InChI=1S/C52H36N2/c1-4-13-37(14-5-1)39-23-25-40(26-24-39)42-29-33-47(34-30-42)53(46-31-27-41(28-32-46)38-15-6-2-7-16-38)49-21-12-22-50-52(49)48-35-43-17-10-11-18-44(43)36-51(48)54(50)45-19-8-3-9-20-45/h1-36H. The van der Waals surface area contributed by atoms with Crippen molar-refractivity contribution in [3.8, 4) is 39.1 Å². The Morgan fingerprint density at radius 3 is 1.26 bits per heavy atom. The minimum absolute atomic E-state index is 1.10. The summed E-state index contributed by atoms with van der Waals surface area (Å²) in [5, 5.41) is 4.90. The van der Waals surface area contributed by atoms with E-state index in [-0.39, 0.29) is 0 Å². The fraction of sp³-hybridized carbons (Fsp3) is 0. The highest BCUT2D eigenvalue weighted by molar-refractivity contribution is 6.19. The van der Waals surface area contributed by atoms with Gasteiger partial charge in [-0.15, -0.1) is 0 Å². The second-order valence-corrected chi connectivity index (χ2v) is 13.8. The van der Waals surface area contributed by atoms with Crippen LogP contribution in [0, 0.1) is 0 Å². The monoisotopic (exact) mass is 688 g/mol. The van der Waals surface area contributed by atoms with Gasteiger partial charge in [0.1, 0.15) is 0 Å². The Kier molecular flexibility index (Phi) is 7.85. The van der Waals surface area contributed by atoms with Crippen LogP contribution in [0.5, 0.6) is 0 Å². The molecule has 0 N–H and O–H groups in total. The first kappa shape index (κ1) is 31.6. The van der Waals surface area contributed by atoms with Crippen molar-refractivity contribution in [2.24, 2.45) is 0 Å². The van der Waals surface area contributed by atoms with E-state index >= 15 is 0 Å². The summed E-state index contributed by atoms with van der Waals surface area (Å²) >= 11 is 0. The molecule has 0 spiro atoms. The highest BCUT2D eigenvalue weighted by Crippen LogP contribution is 2.45. The molecule has 1 aromatic heterocycles. The molecule has 0 fully saturated rings. The zero-order chi connectivity index (χ0) is 35.8. The van der Waals surface area contributed by atoms with Crippen molar-refractivity contribution in [3.05, 3.63) is 218 Å². The molecule has 9 aromatic carbocycles. The molecule has 2 nitrogen and oxygen atoms in total. The molecule has 0 amide bonds. The average Bonchev–Trinajstić information content (AvgIpc) is 3.58. The van der Waals surface area contributed by atoms with Gasteiger partial charge in [0.25, 0.3) is 0 Å². The van der Waals surface area contributed by atoms with E-state index in [4.69, 9.17) is 0 Å². The summed E-state index contributed by atoms with van der Waals surface area (Å²) < 4.78 is 2.42. The van der Waals surface area contributed by atoms with E-state index in [1.54, 1.807) is 0 Å². The zero-order valence-electron chi connectivity index (χ0n) is 29.7. The van der Waals surface area contributed by atoms with Gasteiger partial charge in [-0.05, 0) is 105 Å². The molecular weight excluding hydrogens is 653 g/mol. The lowest BCUT2D eigenvalue weighted by atomic mass is 9.99. The first-order valence-electron chi connectivity index (χ1n) is 18.5. The van der Waals surface area contributed by atoms with Gasteiger partial charge in [0.2, 0.25) is 0 Å². The SMILES string of the molecule is c1ccc(-c2ccc(-c3ccc(N(c4ccc(-c5ccccc5)cc4)c4cccc5c4c4cc6ccccc6cc4n5-c4ccccc4)cc3)cc2)cc1. The molecule has 0 radical (unpaired) electrons. The molecule has 254 valence electrons. The molecule has 1 heterocycles. The predicted octanol–water partition coefficient (Wildman–Crippen LogP) is 14.4. The Morgan fingerprint density at radius 1 is 0.315 bits per heavy atom. The van der Waals surface area contributed by atoms with Crippen molar-refractivity contribution in [1.82, 2.24) is 4.57 Å². The lowest BCUT2D eigenvalue weighted by Gasteiger charge is -2.27. The highest BCUT2D eigenvalue weighted by atomic mass is 15.1. The van der Waals surface area contributed by atoms with Crippen LogP contribution in [0.4, 0.5) is 17.1 Å². The number of aromatic nitrogens is 1. The van der Waals surface area contributed by atoms with Gasteiger partial charge in [-0.1, -0.05) is 158 Å². The van der Waals surface area contributed by atoms with Crippen LogP contribution in [0.3, 0.4) is 0 Å². The number of benzene rings is 9. The Hall–Kier alpha value is -7.16. The van der Waals surface area contributed by atoms with Crippen LogP contribution >= 0.6 is 0 Å². The van der Waals surface area contributed by atoms with Crippen LogP contribution in [0.25, 0.3) is 71.6 Å². The molecule has 0 bridgehead atoms. The van der Waals surface area contributed by atoms with Crippen LogP contribution in [-0.4, -0.2) is 4.57 Å². The fourth-order valence-corrected chi connectivity index (χ4v) is 7.92. The summed E-state index contributed by atoms with van der Waals surface area (Å²) in [6.45, 7) is 0. The third-order valence-corrected chi connectivity index (χ3v) is 10.6. The van der Waals surface area contributed by atoms with Crippen molar-refractivity contribution < 1.29 is 0 Å². The van der Waals surface area contributed by atoms with Gasteiger partial charge in [-0.2, -0.15) is 0 Å². The van der Waals surface area contributed by atoms with E-state index in [0.29, 0.717) is 0 Å². The van der Waals surface area contributed by atoms with Crippen LogP contribution in [0.15, 0.2) is 218 Å². The molecule has 10 aromatic rings. The molecule has 0 aliphatic rings. The predicted molar refractivity (Wildman–Crippen MR) is 229 cm³/mol. The van der Waals surface area contributed by atoms with Crippen LogP contribution in [-0.2, 0) is 0 Å². The number of hydrogen-bond acceptors (Lipinski definition) is 1. The molecule has 10 rings (SSSR count). The number of rotatable bonds is 7. The number of hydrogen-bond donors (Lipinski definition) is 0. The second kappa shape index (κ2) is 13.4. The fourth-order valence-electron chi connectivity index (χ4n) is 7.92. The third-order valence-electron chi connectivity index (χ3n) is 10.6. The first-order chi connectivity index (χ1) is 26.8. The van der Waals surface area contributed by atoms with Crippen molar-refractivity contribution >= 4 is 49.6 Å². The van der Waals surface area contributed by atoms with Crippen molar-refractivity contribution in [1.29, 1.82) is 0 Å². The van der Waals surface area contributed by atoms with Crippen LogP contribution in [0.1, 0.15) is 0 Å². The summed E-state index contributed by atoms with van der Waals surface area (Å²) in [4.78, 5) is 2.42. The lowest BCUT2D eigenvalue weighted by molar-refractivity contribution is 1.18. The van der Waals surface area contributed by atoms with E-state index in [0.717, 1.165) is 22.7 Å². The van der Waals surface area contributed by atoms with Crippen molar-refractivity contribution in [2.45, 2.75) is 0 Å².